The van der Waals surface area contributed by atoms with E-state index in [2.05, 4.69) is 20.7 Å². The molecule has 1 aliphatic rings. The Kier molecular flexibility index (Phi) is 4.77. The summed E-state index contributed by atoms with van der Waals surface area (Å²) < 4.78 is 67.5. The summed E-state index contributed by atoms with van der Waals surface area (Å²) in [4.78, 5) is 1.53. The number of rotatable bonds is 3. The van der Waals surface area contributed by atoms with Crippen LogP contribution in [0.15, 0.2) is 22.7 Å². The van der Waals surface area contributed by atoms with Gasteiger partial charge in [-0.25, -0.2) is 8.78 Å². The van der Waals surface area contributed by atoms with Crippen LogP contribution in [0.2, 0.25) is 0 Å². The Bertz CT molecular complexity index is 506. The Morgan fingerprint density at radius 3 is 2.57 bits per heavy atom. The molecule has 0 aromatic heterocycles. The second kappa shape index (κ2) is 6.08. The standard InChI is InChI=1S/C13H13BrF5NO/c14-10-4-9(5-11(6-10)21-13(17,18)19)7-20-3-1-2-12(15,16)8-20/h4-6H,1-3,7-8H2. The maximum absolute atomic E-state index is 13.3. The minimum Gasteiger partial charge on any atom is -0.406 e. The van der Waals surface area contributed by atoms with Crippen molar-refractivity contribution in [1.82, 2.24) is 4.90 Å². The Labute approximate surface area is 127 Å². The van der Waals surface area contributed by atoms with Crippen molar-refractivity contribution in [2.24, 2.45) is 0 Å². The van der Waals surface area contributed by atoms with E-state index in [9.17, 15) is 22.0 Å². The molecule has 21 heavy (non-hydrogen) atoms. The van der Waals surface area contributed by atoms with E-state index in [4.69, 9.17) is 0 Å². The number of hydrogen-bond acceptors (Lipinski definition) is 2. The lowest BCUT2D eigenvalue weighted by atomic mass is 10.1. The molecule has 0 atom stereocenters. The van der Waals surface area contributed by atoms with Crippen molar-refractivity contribution in [2.75, 3.05) is 13.1 Å². The van der Waals surface area contributed by atoms with Crippen molar-refractivity contribution < 1.29 is 26.7 Å². The van der Waals surface area contributed by atoms with Gasteiger partial charge in [-0.05, 0) is 36.7 Å². The fraction of sp³-hybridized carbons (Fsp3) is 0.538. The van der Waals surface area contributed by atoms with Gasteiger partial charge in [0.05, 0.1) is 6.54 Å². The predicted molar refractivity (Wildman–Crippen MR) is 70.3 cm³/mol. The SMILES string of the molecule is FC1(F)CCCN(Cc2cc(Br)cc(OC(F)(F)F)c2)C1. The summed E-state index contributed by atoms with van der Waals surface area (Å²) in [5.41, 5.74) is 0.487. The molecule has 1 heterocycles. The fourth-order valence-electron chi connectivity index (χ4n) is 2.34. The van der Waals surface area contributed by atoms with Crippen LogP contribution in [0.1, 0.15) is 18.4 Å². The quantitative estimate of drug-likeness (QED) is 0.719. The Hall–Kier alpha value is -0.890. The van der Waals surface area contributed by atoms with Crippen molar-refractivity contribution in [3.05, 3.63) is 28.2 Å². The van der Waals surface area contributed by atoms with Crippen LogP contribution >= 0.6 is 15.9 Å². The number of likely N-dealkylation sites (tertiary alicyclic amines) is 1. The molecule has 0 spiro atoms. The molecule has 8 heteroatoms. The van der Waals surface area contributed by atoms with Gasteiger partial charge in [0.1, 0.15) is 5.75 Å². The molecule has 2 nitrogen and oxygen atoms in total. The van der Waals surface area contributed by atoms with Crippen molar-refractivity contribution in [3.63, 3.8) is 0 Å². The summed E-state index contributed by atoms with van der Waals surface area (Å²) in [5, 5.41) is 0. The molecule has 1 aliphatic heterocycles. The normalized spacial score (nSPS) is 19.5. The molecule has 0 bridgehead atoms. The van der Waals surface area contributed by atoms with E-state index in [0.717, 1.165) is 0 Å². The lowest BCUT2D eigenvalue weighted by Gasteiger charge is -2.32. The third-order valence-electron chi connectivity index (χ3n) is 3.04. The molecular weight excluding hydrogens is 361 g/mol. The van der Waals surface area contributed by atoms with Gasteiger partial charge in [-0.1, -0.05) is 15.9 Å². The molecule has 0 saturated carbocycles. The monoisotopic (exact) mass is 373 g/mol. The third kappa shape index (κ3) is 5.43. The fourth-order valence-corrected chi connectivity index (χ4v) is 2.86. The molecule has 1 aromatic rings. The number of hydrogen-bond donors (Lipinski definition) is 0. The van der Waals surface area contributed by atoms with E-state index in [-0.39, 0.29) is 25.3 Å². The van der Waals surface area contributed by atoms with Crippen molar-refractivity contribution in [3.8, 4) is 5.75 Å². The Balaban J connectivity index is 2.09. The van der Waals surface area contributed by atoms with Crippen molar-refractivity contribution in [2.45, 2.75) is 31.7 Å². The van der Waals surface area contributed by atoms with E-state index in [1.165, 1.54) is 17.0 Å². The summed E-state index contributed by atoms with van der Waals surface area (Å²) in [6.45, 7) is 0.274. The smallest absolute Gasteiger partial charge is 0.406 e. The van der Waals surface area contributed by atoms with Crippen molar-refractivity contribution >= 4 is 15.9 Å². The van der Waals surface area contributed by atoms with Gasteiger partial charge in [0, 0.05) is 17.4 Å². The zero-order chi connectivity index (χ0) is 15.7. The van der Waals surface area contributed by atoms with Gasteiger partial charge in [0.2, 0.25) is 0 Å². The third-order valence-corrected chi connectivity index (χ3v) is 3.50. The average Bonchev–Trinajstić information content (AvgIpc) is 2.23. The van der Waals surface area contributed by atoms with E-state index < -0.39 is 12.3 Å². The zero-order valence-corrected chi connectivity index (χ0v) is 12.5. The number of benzene rings is 1. The average molecular weight is 374 g/mol. The number of ether oxygens (including phenoxy) is 1. The van der Waals surface area contributed by atoms with E-state index in [0.29, 0.717) is 23.0 Å². The number of alkyl halides is 5. The van der Waals surface area contributed by atoms with E-state index in [1.807, 2.05) is 0 Å². The van der Waals surface area contributed by atoms with Crippen LogP contribution in [0.3, 0.4) is 0 Å². The minimum absolute atomic E-state index is 0.148. The van der Waals surface area contributed by atoms with Crippen LogP contribution in [-0.2, 0) is 6.54 Å². The first-order valence-electron chi connectivity index (χ1n) is 6.28. The lowest BCUT2D eigenvalue weighted by molar-refractivity contribution is -0.274. The molecule has 0 radical (unpaired) electrons. The maximum Gasteiger partial charge on any atom is 0.573 e. The number of nitrogens with zero attached hydrogens (tertiary/aromatic N) is 1. The van der Waals surface area contributed by atoms with Crippen LogP contribution in [0.5, 0.6) is 5.75 Å². The first kappa shape index (κ1) is 16.5. The molecule has 0 N–H and O–H groups in total. The molecule has 0 unspecified atom stereocenters. The highest BCUT2D eigenvalue weighted by molar-refractivity contribution is 9.10. The molecule has 0 aliphatic carbocycles. The second-order valence-corrected chi connectivity index (χ2v) is 5.93. The predicted octanol–water partition coefficient (Wildman–Crippen LogP) is 4.58. The molecule has 1 saturated heterocycles. The van der Waals surface area contributed by atoms with Gasteiger partial charge in [-0.15, -0.1) is 13.2 Å². The van der Waals surface area contributed by atoms with Gasteiger partial charge in [-0.3, -0.25) is 4.90 Å². The molecular formula is C13H13BrF5NO. The first-order chi connectivity index (χ1) is 9.63. The zero-order valence-electron chi connectivity index (χ0n) is 10.9. The highest BCUT2D eigenvalue weighted by atomic mass is 79.9. The molecule has 2 rings (SSSR count). The van der Waals surface area contributed by atoms with Crippen LogP contribution in [-0.4, -0.2) is 30.3 Å². The highest BCUT2D eigenvalue weighted by Gasteiger charge is 2.35. The Morgan fingerprint density at radius 1 is 1.24 bits per heavy atom. The molecule has 1 fully saturated rings. The van der Waals surface area contributed by atoms with Crippen LogP contribution in [0.25, 0.3) is 0 Å². The van der Waals surface area contributed by atoms with Gasteiger partial charge in [-0.2, -0.15) is 0 Å². The summed E-state index contributed by atoms with van der Waals surface area (Å²) in [7, 11) is 0. The maximum atomic E-state index is 13.3. The highest BCUT2D eigenvalue weighted by Crippen LogP contribution is 2.30. The van der Waals surface area contributed by atoms with Gasteiger partial charge < -0.3 is 4.74 Å². The van der Waals surface area contributed by atoms with Crippen molar-refractivity contribution in [1.29, 1.82) is 0 Å². The van der Waals surface area contributed by atoms with Gasteiger partial charge >= 0.3 is 6.36 Å². The largest absolute Gasteiger partial charge is 0.573 e. The van der Waals surface area contributed by atoms with Gasteiger partial charge in [0.25, 0.3) is 5.92 Å². The summed E-state index contributed by atoms with van der Waals surface area (Å²) in [6.07, 6.45) is -4.56. The molecule has 118 valence electrons. The van der Waals surface area contributed by atoms with E-state index >= 15 is 0 Å². The Morgan fingerprint density at radius 2 is 1.95 bits per heavy atom. The summed E-state index contributed by atoms with van der Waals surface area (Å²) in [6, 6.07) is 3.99. The van der Waals surface area contributed by atoms with Crippen LogP contribution in [0.4, 0.5) is 22.0 Å². The second-order valence-electron chi connectivity index (χ2n) is 5.01. The topological polar surface area (TPSA) is 12.5 Å². The lowest BCUT2D eigenvalue weighted by Crippen LogP contribution is -2.42. The number of halogens is 6. The molecule has 0 amide bonds. The first-order valence-corrected chi connectivity index (χ1v) is 7.08. The minimum atomic E-state index is -4.78. The van der Waals surface area contributed by atoms with E-state index in [1.54, 1.807) is 6.07 Å². The molecule has 1 aromatic carbocycles. The van der Waals surface area contributed by atoms with Gasteiger partial charge in [0.15, 0.2) is 0 Å². The van der Waals surface area contributed by atoms with Crippen LogP contribution < -0.4 is 4.74 Å². The number of piperidine rings is 1. The summed E-state index contributed by atoms with van der Waals surface area (Å²) >= 11 is 3.09. The summed E-state index contributed by atoms with van der Waals surface area (Å²) in [5.74, 6) is -3.11. The van der Waals surface area contributed by atoms with Crippen LogP contribution in [0, 0.1) is 0 Å².